The van der Waals surface area contributed by atoms with Gasteiger partial charge in [0.05, 0.1) is 12.7 Å². The highest BCUT2D eigenvalue weighted by molar-refractivity contribution is 8.00. The van der Waals surface area contributed by atoms with Crippen LogP contribution in [0.4, 0.5) is 13.2 Å². The van der Waals surface area contributed by atoms with Crippen molar-refractivity contribution in [2.24, 2.45) is 0 Å². The predicted molar refractivity (Wildman–Crippen MR) is 68.0 cm³/mol. The molecule has 112 valence electrons. The SMILES string of the molecule is O=C(CCOC1CCNCC1)NCCSC(F)(F)F. The van der Waals surface area contributed by atoms with Gasteiger partial charge in [-0.15, -0.1) is 0 Å². The van der Waals surface area contributed by atoms with Gasteiger partial charge in [-0.25, -0.2) is 0 Å². The van der Waals surface area contributed by atoms with Gasteiger partial charge in [-0.05, 0) is 37.7 Å². The minimum Gasteiger partial charge on any atom is -0.378 e. The number of halogens is 3. The Bertz CT molecular complexity index is 271. The summed E-state index contributed by atoms with van der Waals surface area (Å²) in [6.45, 7) is 2.19. The number of thioether (sulfide) groups is 1. The summed E-state index contributed by atoms with van der Waals surface area (Å²) in [6.07, 6.45) is 2.25. The van der Waals surface area contributed by atoms with Crippen LogP contribution in [0.25, 0.3) is 0 Å². The van der Waals surface area contributed by atoms with Crippen molar-refractivity contribution in [1.82, 2.24) is 10.6 Å². The number of rotatable bonds is 7. The van der Waals surface area contributed by atoms with Gasteiger partial charge in [0.1, 0.15) is 0 Å². The van der Waals surface area contributed by atoms with Gasteiger partial charge in [0, 0.05) is 18.7 Å². The third-order valence-corrected chi connectivity index (χ3v) is 3.39. The standard InChI is InChI=1S/C11H19F3N2O2S/c12-11(13,14)19-8-6-16-10(17)3-7-18-9-1-4-15-5-2-9/h9,15H,1-8H2,(H,16,17). The molecule has 0 spiro atoms. The molecule has 1 aliphatic rings. The zero-order valence-corrected chi connectivity index (χ0v) is 11.4. The average Bonchev–Trinajstić information content (AvgIpc) is 2.35. The first-order chi connectivity index (χ1) is 8.97. The Hall–Kier alpha value is -0.470. The maximum atomic E-state index is 11.8. The van der Waals surface area contributed by atoms with Crippen molar-refractivity contribution in [3.8, 4) is 0 Å². The van der Waals surface area contributed by atoms with E-state index in [1.165, 1.54) is 0 Å². The van der Waals surface area contributed by atoms with E-state index in [1.54, 1.807) is 0 Å². The molecular weight excluding hydrogens is 281 g/mol. The largest absolute Gasteiger partial charge is 0.441 e. The predicted octanol–water partition coefficient (Wildman–Crippen LogP) is 1.51. The summed E-state index contributed by atoms with van der Waals surface area (Å²) in [5, 5.41) is 5.65. The van der Waals surface area contributed by atoms with Crippen LogP contribution in [0, 0.1) is 0 Å². The summed E-state index contributed by atoms with van der Waals surface area (Å²) in [4.78, 5) is 11.3. The van der Waals surface area contributed by atoms with Crippen LogP contribution in [-0.2, 0) is 9.53 Å². The van der Waals surface area contributed by atoms with Crippen LogP contribution in [0.15, 0.2) is 0 Å². The Morgan fingerprint density at radius 2 is 2.05 bits per heavy atom. The number of nitrogens with one attached hydrogen (secondary N) is 2. The van der Waals surface area contributed by atoms with E-state index in [0.29, 0.717) is 6.61 Å². The van der Waals surface area contributed by atoms with Gasteiger partial charge in [-0.2, -0.15) is 13.2 Å². The van der Waals surface area contributed by atoms with Gasteiger partial charge in [0.25, 0.3) is 0 Å². The van der Waals surface area contributed by atoms with Crippen LogP contribution in [-0.4, -0.2) is 49.5 Å². The highest BCUT2D eigenvalue weighted by atomic mass is 32.2. The van der Waals surface area contributed by atoms with E-state index in [-0.39, 0.29) is 42.5 Å². The van der Waals surface area contributed by atoms with E-state index in [2.05, 4.69) is 10.6 Å². The molecular formula is C11H19F3N2O2S. The lowest BCUT2D eigenvalue weighted by Crippen LogP contribution is -2.33. The number of amides is 1. The molecule has 2 N–H and O–H groups in total. The quantitative estimate of drug-likeness (QED) is 0.700. The van der Waals surface area contributed by atoms with E-state index < -0.39 is 5.51 Å². The van der Waals surface area contributed by atoms with Crippen molar-refractivity contribution < 1.29 is 22.7 Å². The van der Waals surface area contributed by atoms with Crippen LogP contribution < -0.4 is 10.6 Å². The van der Waals surface area contributed by atoms with E-state index in [1.807, 2.05) is 0 Å². The number of hydrogen-bond donors (Lipinski definition) is 2. The molecule has 4 nitrogen and oxygen atoms in total. The van der Waals surface area contributed by atoms with Crippen LogP contribution in [0.3, 0.4) is 0 Å². The Balaban J connectivity index is 1.95. The third kappa shape index (κ3) is 9.12. The fraction of sp³-hybridized carbons (Fsp3) is 0.909. The lowest BCUT2D eigenvalue weighted by atomic mass is 10.1. The van der Waals surface area contributed by atoms with Crippen LogP contribution in [0.1, 0.15) is 19.3 Å². The maximum absolute atomic E-state index is 11.8. The monoisotopic (exact) mass is 300 g/mol. The molecule has 0 aliphatic carbocycles. The fourth-order valence-electron chi connectivity index (χ4n) is 1.73. The topological polar surface area (TPSA) is 50.4 Å². The molecule has 8 heteroatoms. The van der Waals surface area contributed by atoms with Crippen LogP contribution in [0.2, 0.25) is 0 Å². The number of alkyl halides is 3. The van der Waals surface area contributed by atoms with Crippen molar-refractivity contribution >= 4 is 17.7 Å². The van der Waals surface area contributed by atoms with Crippen molar-refractivity contribution in [3.63, 3.8) is 0 Å². The summed E-state index contributed by atoms with van der Waals surface area (Å²) < 4.78 is 41.0. The molecule has 1 amide bonds. The molecule has 1 rings (SSSR count). The van der Waals surface area contributed by atoms with Crippen molar-refractivity contribution in [1.29, 1.82) is 0 Å². The number of hydrogen-bond acceptors (Lipinski definition) is 4. The Morgan fingerprint density at radius 3 is 2.68 bits per heavy atom. The summed E-state index contributed by atoms with van der Waals surface area (Å²) in [5.74, 6) is -0.429. The highest BCUT2D eigenvalue weighted by Gasteiger charge is 2.27. The molecule has 0 radical (unpaired) electrons. The molecule has 0 atom stereocenters. The van der Waals surface area contributed by atoms with Crippen LogP contribution in [0.5, 0.6) is 0 Å². The summed E-state index contributed by atoms with van der Waals surface area (Å²) in [7, 11) is 0. The van der Waals surface area contributed by atoms with E-state index in [9.17, 15) is 18.0 Å². The lowest BCUT2D eigenvalue weighted by molar-refractivity contribution is -0.122. The van der Waals surface area contributed by atoms with Gasteiger partial charge in [0.15, 0.2) is 0 Å². The molecule has 1 fully saturated rings. The first kappa shape index (κ1) is 16.6. The minimum absolute atomic E-state index is 0.0242. The zero-order chi connectivity index (χ0) is 14.1. The number of piperidine rings is 1. The summed E-state index contributed by atoms with van der Waals surface area (Å²) in [5.41, 5.74) is -4.23. The smallest absolute Gasteiger partial charge is 0.378 e. The fourth-order valence-corrected chi connectivity index (χ4v) is 2.16. The molecule has 1 aliphatic heterocycles. The zero-order valence-electron chi connectivity index (χ0n) is 10.6. The number of carbonyl (C=O) groups is 1. The summed E-state index contributed by atoms with van der Waals surface area (Å²) >= 11 is -0.131. The normalized spacial score (nSPS) is 17.4. The first-order valence-electron chi connectivity index (χ1n) is 6.27. The number of ether oxygens (including phenoxy) is 1. The van der Waals surface area contributed by atoms with Gasteiger partial charge in [-0.3, -0.25) is 4.79 Å². The molecule has 0 aromatic heterocycles. The second-order valence-electron chi connectivity index (χ2n) is 4.21. The van der Waals surface area contributed by atoms with E-state index >= 15 is 0 Å². The Morgan fingerprint density at radius 1 is 1.37 bits per heavy atom. The Kier molecular flexibility index (Phi) is 7.55. The van der Waals surface area contributed by atoms with Crippen molar-refractivity contribution in [2.75, 3.05) is 32.0 Å². The lowest BCUT2D eigenvalue weighted by Gasteiger charge is -2.22. The van der Waals surface area contributed by atoms with Gasteiger partial charge in [-0.1, -0.05) is 0 Å². The molecule has 0 bridgehead atoms. The third-order valence-electron chi connectivity index (χ3n) is 2.66. The maximum Gasteiger partial charge on any atom is 0.441 e. The molecule has 0 aromatic rings. The van der Waals surface area contributed by atoms with Crippen LogP contribution >= 0.6 is 11.8 Å². The van der Waals surface area contributed by atoms with E-state index in [4.69, 9.17) is 4.74 Å². The van der Waals surface area contributed by atoms with Crippen molar-refractivity contribution in [3.05, 3.63) is 0 Å². The molecule has 0 aromatic carbocycles. The van der Waals surface area contributed by atoms with Crippen molar-refractivity contribution in [2.45, 2.75) is 30.9 Å². The Labute approximate surface area is 114 Å². The molecule has 0 unspecified atom stereocenters. The van der Waals surface area contributed by atoms with E-state index in [0.717, 1.165) is 25.9 Å². The highest BCUT2D eigenvalue weighted by Crippen LogP contribution is 2.29. The summed E-state index contributed by atoms with van der Waals surface area (Å²) in [6, 6.07) is 0. The molecule has 0 saturated carbocycles. The van der Waals surface area contributed by atoms with Gasteiger partial charge in [0.2, 0.25) is 5.91 Å². The van der Waals surface area contributed by atoms with Gasteiger partial charge >= 0.3 is 5.51 Å². The first-order valence-corrected chi connectivity index (χ1v) is 7.25. The second-order valence-corrected chi connectivity index (χ2v) is 5.37. The van der Waals surface area contributed by atoms with Gasteiger partial charge < -0.3 is 15.4 Å². The molecule has 19 heavy (non-hydrogen) atoms. The minimum atomic E-state index is -4.23. The average molecular weight is 300 g/mol. The number of carbonyl (C=O) groups excluding carboxylic acids is 1. The molecule has 1 saturated heterocycles. The molecule has 1 heterocycles. The second kappa shape index (κ2) is 8.65.